The molecule has 1 N–H and O–H groups in total. The van der Waals surface area contributed by atoms with Gasteiger partial charge in [-0.2, -0.15) is 0 Å². The van der Waals surface area contributed by atoms with Gasteiger partial charge in [-0.25, -0.2) is 0 Å². The third-order valence-corrected chi connectivity index (χ3v) is 4.75. The Morgan fingerprint density at radius 2 is 2.22 bits per heavy atom. The third-order valence-electron chi connectivity index (χ3n) is 4.51. The lowest BCUT2D eigenvalue weighted by Crippen LogP contribution is -2.48. The molecular weight excluding hydrogens is 318 g/mol. The quantitative estimate of drug-likeness (QED) is 0.864. The topological polar surface area (TPSA) is 59.0 Å². The number of likely N-dealkylation sites (tertiary alicyclic amines) is 1. The van der Waals surface area contributed by atoms with E-state index in [0.29, 0.717) is 36.0 Å². The smallest absolute Gasteiger partial charge is 0.257 e. The minimum atomic E-state index is -0.296. The second-order valence-electron chi connectivity index (χ2n) is 6.08. The number of carbonyl (C=O) groups excluding carboxylic acids is 1. The van der Waals surface area contributed by atoms with Crippen LogP contribution in [-0.4, -0.2) is 56.4 Å². The van der Waals surface area contributed by atoms with E-state index in [4.69, 9.17) is 21.1 Å². The Morgan fingerprint density at radius 3 is 2.87 bits per heavy atom. The van der Waals surface area contributed by atoms with Gasteiger partial charge in [-0.05, 0) is 37.5 Å². The van der Waals surface area contributed by atoms with Crippen LogP contribution in [0.25, 0.3) is 0 Å². The van der Waals surface area contributed by atoms with Crippen LogP contribution in [0, 0.1) is 5.41 Å². The minimum Gasteiger partial charge on any atom is -0.496 e. The van der Waals surface area contributed by atoms with Crippen LogP contribution in [0.5, 0.6) is 5.75 Å². The lowest BCUT2D eigenvalue weighted by Gasteiger charge is -2.42. The summed E-state index contributed by atoms with van der Waals surface area (Å²) in [6.07, 6.45) is 2.48. The molecule has 1 saturated heterocycles. The maximum atomic E-state index is 12.9. The first-order chi connectivity index (χ1) is 11.0. The summed E-state index contributed by atoms with van der Waals surface area (Å²) in [5.74, 6) is 0.399. The molecule has 1 aromatic carbocycles. The lowest BCUT2D eigenvalue weighted by molar-refractivity contribution is 0.00886. The van der Waals surface area contributed by atoms with Crippen molar-refractivity contribution in [1.82, 2.24) is 4.90 Å². The van der Waals surface area contributed by atoms with Crippen LogP contribution in [-0.2, 0) is 4.74 Å². The normalized spacial score (nSPS) is 21.3. The van der Waals surface area contributed by atoms with Crippen LogP contribution < -0.4 is 4.74 Å². The van der Waals surface area contributed by atoms with Crippen molar-refractivity contribution in [3.63, 3.8) is 0 Å². The number of aliphatic hydroxyl groups is 1. The van der Waals surface area contributed by atoms with Crippen molar-refractivity contribution in [3.8, 4) is 5.75 Å². The monoisotopic (exact) mass is 341 g/mol. The van der Waals surface area contributed by atoms with Crippen LogP contribution >= 0.6 is 11.6 Å². The molecule has 1 aliphatic rings. The molecule has 0 aromatic heterocycles. The summed E-state index contributed by atoms with van der Waals surface area (Å²) in [5.41, 5.74) is 0.163. The highest BCUT2D eigenvalue weighted by Crippen LogP contribution is 2.34. The molecule has 6 heteroatoms. The fraction of sp³-hybridized carbons (Fsp3) is 0.588. The van der Waals surface area contributed by atoms with Crippen molar-refractivity contribution in [2.45, 2.75) is 19.3 Å². The molecule has 128 valence electrons. The Kier molecular flexibility index (Phi) is 6.27. The maximum absolute atomic E-state index is 12.9. The zero-order chi connectivity index (χ0) is 16.9. The van der Waals surface area contributed by atoms with Crippen LogP contribution in [0.3, 0.4) is 0 Å². The van der Waals surface area contributed by atoms with Crippen molar-refractivity contribution in [2.75, 3.05) is 40.5 Å². The second-order valence-corrected chi connectivity index (χ2v) is 6.51. The van der Waals surface area contributed by atoms with Gasteiger partial charge < -0.3 is 19.5 Å². The second kappa shape index (κ2) is 7.99. The number of rotatable bonds is 6. The van der Waals surface area contributed by atoms with E-state index < -0.39 is 0 Å². The first-order valence-electron chi connectivity index (χ1n) is 7.78. The average molecular weight is 342 g/mol. The van der Waals surface area contributed by atoms with Gasteiger partial charge in [0.15, 0.2) is 0 Å². The van der Waals surface area contributed by atoms with E-state index in [9.17, 15) is 9.90 Å². The van der Waals surface area contributed by atoms with Gasteiger partial charge in [-0.15, -0.1) is 0 Å². The van der Waals surface area contributed by atoms with Crippen molar-refractivity contribution < 1.29 is 19.4 Å². The number of benzene rings is 1. The van der Waals surface area contributed by atoms with Crippen molar-refractivity contribution in [3.05, 3.63) is 28.8 Å². The SMILES string of the molecule is COCCC1(CO)CCCN(C(=O)c2cc(Cl)ccc2OC)C1. The Bertz CT molecular complexity index is 551. The highest BCUT2D eigenvalue weighted by Gasteiger charge is 2.37. The van der Waals surface area contributed by atoms with E-state index in [1.807, 2.05) is 0 Å². The predicted molar refractivity (Wildman–Crippen MR) is 89.2 cm³/mol. The third kappa shape index (κ3) is 4.16. The van der Waals surface area contributed by atoms with Gasteiger partial charge in [0.25, 0.3) is 5.91 Å². The van der Waals surface area contributed by atoms with Gasteiger partial charge in [0.2, 0.25) is 0 Å². The molecule has 0 aliphatic carbocycles. The number of halogens is 1. The summed E-state index contributed by atoms with van der Waals surface area (Å²) in [6, 6.07) is 5.03. The molecule has 1 unspecified atom stereocenters. The Morgan fingerprint density at radius 1 is 1.43 bits per heavy atom. The average Bonchev–Trinajstić information content (AvgIpc) is 2.59. The van der Waals surface area contributed by atoms with Crippen LogP contribution in [0.4, 0.5) is 0 Å². The van der Waals surface area contributed by atoms with E-state index in [1.165, 1.54) is 7.11 Å². The fourth-order valence-corrected chi connectivity index (χ4v) is 3.30. The molecule has 1 amide bonds. The number of hydrogen-bond acceptors (Lipinski definition) is 4. The zero-order valence-corrected chi connectivity index (χ0v) is 14.4. The van der Waals surface area contributed by atoms with Crippen molar-refractivity contribution in [2.24, 2.45) is 5.41 Å². The molecule has 1 fully saturated rings. The summed E-state index contributed by atoms with van der Waals surface area (Å²) in [6.45, 7) is 1.81. The minimum absolute atomic E-state index is 0.0484. The molecule has 0 spiro atoms. The first kappa shape index (κ1) is 18.0. The van der Waals surface area contributed by atoms with Crippen molar-refractivity contribution in [1.29, 1.82) is 0 Å². The Hall–Kier alpha value is -1.30. The number of piperidine rings is 1. The predicted octanol–water partition coefficient (Wildman–Crippen LogP) is 2.60. The van der Waals surface area contributed by atoms with Gasteiger partial charge in [0.1, 0.15) is 5.75 Å². The summed E-state index contributed by atoms with van der Waals surface area (Å²) < 4.78 is 10.4. The summed E-state index contributed by atoms with van der Waals surface area (Å²) >= 11 is 6.03. The van der Waals surface area contributed by atoms with Crippen LogP contribution in [0.1, 0.15) is 29.6 Å². The zero-order valence-electron chi connectivity index (χ0n) is 13.7. The number of amides is 1. The molecule has 5 nitrogen and oxygen atoms in total. The Balaban J connectivity index is 2.20. The maximum Gasteiger partial charge on any atom is 0.257 e. The number of nitrogens with zero attached hydrogens (tertiary/aromatic N) is 1. The van der Waals surface area contributed by atoms with Gasteiger partial charge in [-0.1, -0.05) is 11.6 Å². The van der Waals surface area contributed by atoms with Gasteiger partial charge >= 0.3 is 0 Å². The summed E-state index contributed by atoms with van der Waals surface area (Å²) in [5, 5.41) is 10.3. The molecule has 0 radical (unpaired) electrons. The molecule has 1 aromatic rings. The number of hydrogen-bond donors (Lipinski definition) is 1. The highest BCUT2D eigenvalue weighted by molar-refractivity contribution is 6.31. The Labute approximate surface area is 142 Å². The van der Waals surface area contributed by atoms with Crippen LogP contribution in [0.2, 0.25) is 5.02 Å². The van der Waals surface area contributed by atoms with Crippen molar-refractivity contribution >= 4 is 17.5 Å². The van der Waals surface area contributed by atoms with E-state index in [0.717, 1.165) is 19.3 Å². The van der Waals surface area contributed by atoms with Crippen LogP contribution in [0.15, 0.2) is 18.2 Å². The largest absolute Gasteiger partial charge is 0.496 e. The van der Waals surface area contributed by atoms with E-state index in [1.54, 1.807) is 30.2 Å². The molecular formula is C17H24ClNO4. The van der Waals surface area contributed by atoms with E-state index in [2.05, 4.69) is 0 Å². The fourth-order valence-electron chi connectivity index (χ4n) is 3.13. The molecule has 1 atom stereocenters. The van der Waals surface area contributed by atoms with Gasteiger partial charge in [0.05, 0.1) is 19.3 Å². The number of ether oxygens (including phenoxy) is 2. The van der Waals surface area contributed by atoms with Gasteiger partial charge in [0, 0.05) is 37.2 Å². The molecule has 1 aliphatic heterocycles. The summed E-state index contributed by atoms with van der Waals surface area (Å²) in [7, 11) is 3.18. The van der Waals surface area contributed by atoms with E-state index in [-0.39, 0.29) is 17.9 Å². The van der Waals surface area contributed by atoms with E-state index >= 15 is 0 Å². The van der Waals surface area contributed by atoms with Gasteiger partial charge in [-0.3, -0.25) is 4.79 Å². The molecule has 2 rings (SSSR count). The number of aliphatic hydroxyl groups excluding tert-OH is 1. The molecule has 23 heavy (non-hydrogen) atoms. The first-order valence-corrected chi connectivity index (χ1v) is 8.15. The summed E-state index contributed by atoms with van der Waals surface area (Å²) in [4.78, 5) is 14.7. The molecule has 0 bridgehead atoms. The standard InChI is InChI=1S/C17H24ClNO4/c1-22-9-7-17(12-20)6-3-8-19(11-17)16(21)14-10-13(18)4-5-15(14)23-2/h4-5,10,20H,3,6-9,11-12H2,1-2H3. The molecule has 0 saturated carbocycles. The highest BCUT2D eigenvalue weighted by atomic mass is 35.5. The lowest BCUT2D eigenvalue weighted by atomic mass is 9.78. The molecule has 1 heterocycles. The number of methoxy groups -OCH3 is 2. The number of carbonyl (C=O) groups is 1.